The molecule has 1 aromatic heterocycles. The number of aryl methyl sites for hydroxylation is 1. The summed E-state index contributed by atoms with van der Waals surface area (Å²) in [4.78, 5) is 4.38. The molecule has 3 aliphatic carbocycles. The fourth-order valence-corrected chi connectivity index (χ4v) is 3.88. The quantitative estimate of drug-likeness (QED) is 0.436. The van der Waals surface area contributed by atoms with Crippen LogP contribution in [0.3, 0.4) is 0 Å². The van der Waals surface area contributed by atoms with E-state index in [1.54, 1.807) is 5.92 Å². The van der Waals surface area contributed by atoms with Gasteiger partial charge in [-0.3, -0.25) is 0 Å². The largest absolute Gasteiger partial charge is 2.00 e. The zero-order chi connectivity index (χ0) is 12.9. The Morgan fingerprint density at radius 3 is 2.52 bits per heavy atom. The molecule has 0 spiro atoms. The molecular weight excluding hydrogens is 357 g/mol. The van der Waals surface area contributed by atoms with Crippen molar-refractivity contribution in [3.8, 4) is 0 Å². The van der Waals surface area contributed by atoms with E-state index in [4.69, 9.17) is 0 Å². The van der Waals surface area contributed by atoms with E-state index < -0.39 is 0 Å². The van der Waals surface area contributed by atoms with Crippen molar-refractivity contribution in [2.24, 2.45) is 24.3 Å². The average Bonchev–Trinajstić information content (AvgIpc) is 2.73. The van der Waals surface area contributed by atoms with Gasteiger partial charge in [0, 0.05) is 19.4 Å². The number of nitrogens with one attached hydrogen (secondary N) is 1. The van der Waals surface area contributed by atoms with Crippen LogP contribution in [0.1, 0.15) is 39.4 Å². The van der Waals surface area contributed by atoms with E-state index in [-0.39, 0.29) is 41.9 Å². The Morgan fingerprint density at radius 1 is 1.38 bits per heavy atom. The van der Waals surface area contributed by atoms with Crippen LogP contribution in [0, 0.1) is 23.2 Å². The van der Waals surface area contributed by atoms with Crippen LogP contribution >= 0.6 is 0 Å². The first-order chi connectivity index (χ1) is 8.50. The summed E-state index contributed by atoms with van der Waals surface area (Å²) < 4.78 is 2.10. The van der Waals surface area contributed by atoms with Gasteiger partial charge in [-0.2, -0.15) is 18.3 Å². The van der Waals surface area contributed by atoms with Crippen LogP contribution in [-0.4, -0.2) is 15.6 Å². The number of aromatic nitrogens is 2. The van der Waals surface area contributed by atoms with Gasteiger partial charge >= 0.3 is 17.1 Å². The van der Waals surface area contributed by atoms with Gasteiger partial charge in [0.1, 0.15) is 5.82 Å². The van der Waals surface area contributed by atoms with Gasteiger partial charge in [-0.25, -0.2) is 4.98 Å². The van der Waals surface area contributed by atoms with Gasteiger partial charge in [-0.15, -0.1) is 0 Å². The van der Waals surface area contributed by atoms with Crippen LogP contribution < -0.4 is 30.1 Å². The summed E-state index contributed by atoms with van der Waals surface area (Å²) >= 11 is 0. The van der Waals surface area contributed by atoms with Crippen LogP contribution in [0.25, 0.3) is 0 Å². The van der Waals surface area contributed by atoms with Crippen molar-refractivity contribution in [1.29, 1.82) is 0 Å². The molecule has 4 rings (SSSR count). The number of hydrogen-bond acceptors (Lipinski definition) is 2. The smallest absolute Gasteiger partial charge is 1.00 e. The number of imidazole rings is 1. The summed E-state index contributed by atoms with van der Waals surface area (Å²) in [6.45, 7) is 8.14. The minimum atomic E-state index is 0. The van der Waals surface area contributed by atoms with E-state index >= 15 is 0 Å². The van der Waals surface area contributed by atoms with E-state index in [1.807, 2.05) is 12.4 Å². The molecule has 3 fully saturated rings. The van der Waals surface area contributed by atoms with Crippen LogP contribution in [0.2, 0.25) is 0 Å². The Morgan fingerprint density at radius 2 is 2.05 bits per heavy atom. The molecule has 0 unspecified atom stereocenters. The maximum absolute atomic E-state index is 4.38. The predicted octanol–water partition coefficient (Wildman–Crippen LogP) is -3.46. The molecule has 6 heteroatoms. The maximum Gasteiger partial charge on any atom is 2.00 e. The molecule has 0 aromatic carbocycles. The predicted molar refractivity (Wildman–Crippen MR) is 72.7 cm³/mol. The van der Waals surface area contributed by atoms with Crippen LogP contribution in [0.15, 0.2) is 12.4 Å². The van der Waals surface area contributed by atoms with E-state index in [1.165, 1.54) is 12.8 Å². The molecule has 21 heavy (non-hydrogen) atoms. The molecule has 3 nitrogen and oxygen atoms in total. The number of hydrogen-bond donors (Lipinski definition) is 1. The monoisotopic (exact) mass is 379 g/mol. The summed E-state index contributed by atoms with van der Waals surface area (Å²) in [5, 5.41) is 3.71. The first-order valence-electron chi connectivity index (χ1n) is 7.05. The third kappa shape index (κ3) is 3.61. The van der Waals surface area contributed by atoms with Crippen molar-refractivity contribution >= 4 is 0 Å². The Labute approximate surface area is 151 Å². The molecule has 1 heterocycles. The van der Waals surface area contributed by atoms with Crippen molar-refractivity contribution in [3.63, 3.8) is 0 Å². The molecule has 1 aromatic rings. The molecule has 1 N–H and O–H groups in total. The first kappa shape index (κ1) is 21.3. The Balaban J connectivity index is 0.00000133. The second-order valence-corrected chi connectivity index (χ2v) is 6.64. The summed E-state index contributed by atoms with van der Waals surface area (Å²) in [5.74, 6) is 4.55. The topological polar surface area (TPSA) is 29.9 Å². The summed E-state index contributed by atoms with van der Waals surface area (Å²) in [5.41, 5.74) is 0.501. The van der Waals surface area contributed by atoms with Gasteiger partial charge < -0.3 is 40.6 Å². The number of rotatable bonds is 3. The third-order valence-electron chi connectivity index (χ3n) is 5.48. The standard InChI is InChI=1S/C15H24N3.2ClH.Cu/c1-10-12-7-11(15(12,2)3)8-13(10)17-9-14-16-5-6-18(14)4;;;/h5-6,10,12-13,17H,7-9H2,1-4H3;2*1H;/q-1;;;+2/p-2/t10-,12-,13-;;;/m0.../s1. The molecule has 0 amide bonds. The van der Waals surface area contributed by atoms with E-state index in [0.717, 1.165) is 24.2 Å². The first-order valence-corrected chi connectivity index (χ1v) is 7.05. The van der Waals surface area contributed by atoms with Crippen molar-refractivity contribution < 1.29 is 41.9 Å². The van der Waals surface area contributed by atoms with Crippen molar-refractivity contribution in [3.05, 3.63) is 24.1 Å². The summed E-state index contributed by atoms with van der Waals surface area (Å²) in [6, 6.07) is 0.642. The molecule has 3 atom stereocenters. The number of halogens is 2. The minimum absolute atomic E-state index is 0. The minimum Gasteiger partial charge on any atom is -1.00 e. The third-order valence-corrected chi connectivity index (χ3v) is 5.48. The molecule has 0 aliphatic heterocycles. The van der Waals surface area contributed by atoms with Gasteiger partial charge in [0.2, 0.25) is 0 Å². The SMILES string of the molecule is C[C@@H]1[C@@H](NCc2nccn2C)C[C-]2C[C@@H]1C2(C)C.[Cl-].[Cl-].[Cu+2]. The van der Waals surface area contributed by atoms with Gasteiger partial charge in [0.05, 0.1) is 6.54 Å². The van der Waals surface area contributed by atoms with E-state index in [0.29, 0.717) is 11.5 Å². The molecule has 3 saturated carbocycles. The second-order valence-electron chi connectivity index (χ2n) is 6.64. The Hall–Kier alpha value is 0.269. The normalized spacial score (nSPS) is 29.4. The fraction of sp³-hybridized carbons (Fsp3) is 0.733. The van der Waals surface area contributed by atoms with Crippen molar-refractivity contribution in [2.45, 2.75) is 46.2 Å². The molecular formula is C15H24Cl2CuN3-. The van der Waals surface area contributed by atoms with Crippen molar-refractivity contribution in [1.82, 2.24) is 14.9 Å². The molecule has 0 saturated heterocycles. The number of nitrogens with zero attached hydrogens (tertiary/aromatic N) is 2. The summed E-state index contributed by atoms with van der Waals surface area (Å²) in [7, 11) is 2.06. The zero-order valence-electron chi connectivity index (χ0n) is 13.0. The van der Waals surface area contributed by atoms with Gasteiger partial charge in [-0.1, -0.05) is 26.7 Å². The molecule has 3 aliphatic rings. The van der Waals surface area contributed by atoms with Crippen LogP contribution in [0.4, 0.5) is 0 Å². The average molecular weight is 381 g/mol. The molecule has 1 radical (unpaired) electrons. The Bertz CT molecular complexity index is 450. The zero-order valence-corrected chi connectivity index (χ0v) is 15.4. The molecule has 2 bridgehead atoms. The van der Waals surface area contributed by atoms with Crippen LogP contribution in [-0.2, 0) is 30.7 Å². The van der Waals surface area contributed by atoms with E-state index in [9.17, 15) is 0 Å². The van der Waals surface area contributed by atoms with Gasteiger partial charge in [0.25, 0.3) is 0 Å². The van der Waals surface area contributed by atoms with Crippen molar-refractivity contribution in [2.75, 3.05) is 0 Å². The fourth-order valence-electron chi connectivity index (χ4n) is 3.88. The van der Waals surface area contributed by atoms with Gasteiger partial charge in [0.15, 0.2) is 0 Å². The second kappa shape index (κ2) is 7.70. The maximum atomic E-state index is 4.38. The molecule has 125 valence electrons. The Kier molecular flexibility index (Phi) is 7.80. The van der Waals surface area contributed by atoms with E-state index in [2.05, 4.69) is 42.7 Å². The summed E-state index contributed by atoms with van der Waals surface area (Å²) in [6.07, 6.45) is 6.51. The van der Waals surface area contributed by atoms with Crippen LogP contribution in [0.5, 0.6) is 0 Å². The van der Waals surface area contributed by atoms with Gasteiger partial charge in [-0.05, 0) is 12.0 Å². The number of fused-ring (bicyclic) bond motifs is 2.